The number of rotatable bonds is 9. The summed E-state index contributed by atoms with van der Waals surface area (Å²) in [5.74, 6) is 0. The summed E-state index contributed by atoms with van der Waals surface area (Å²) in [6.07, 6.45) is 20.4. The van der Waals surface area contributed by atoms with E-state index in [2.05, 4.69) is 237 Å². The number of fused-ring (bicyclic) bond motifs is 6. The molecule has 0 aliphatic heterocycles. The standard InChI is InChI=1S/C60H48N4/c1-5-21-45(22-6-1)61(46-23-7-2-8-24-46)51-35-37-55-53-31-13-15-33-57(53)63(59(55)41-51)49-29-17-19-43(39-49)44-20-18-30-50(40-44)64-58-34-16-14-32-54(58)56-38-36-52(42-60(56)64)62(47-25-9-3-10-26-47)48-27-11-4-12-28-48/h1-14,17,19,21-32,35-42H,15-16,18,20,33-34H2. The van der Waals surface area contributed by atoms with Crippen LogP contribution in [0.1, 0.15) is 53.8 Å². The number of anilines is 6. The Bertz CT molecular complexity index is 3230. The van der Waals surface area contributed by atoms with Crippen LogP contribution in [0.5, 0.6) is 0 Å². The summed E-state index contributed by atoms with van der Waals surface area (Å²) >= 11 is 0. The highest BCUT2D eigenvalue weighted by atomic mass is 15.2. The number of allylic oxidation sites excluding steroid dienone is 6. The summed E-state index contributed by atoms with van der Waals surface area (Å²) in [7, 11) is 0. The van der Waals surface area contributed by atoms with E-state index >= 15 is 0 Å². The molecule has 0 N–H and O–H groups in total. The van der Waals surface area contributed by atoms with E-state index in [1.165, 1.54) is 66.8 Å². The fraction of sp³-hybridized carbons (Fsp3) is 0.100. The molecule has 9 aromatic rings. The van der Waals surface area contributed by atoms with Gasteiger partial charge in [0, 0.05) is 78.8 Å². The molecule has 308 valence electrons. The molecule has 2 aromatic heterocycles. The second-order valence-corrected chi connectivity index (χ2v) is 17.1. The summed E-state index contributed by atoms with van der Waals surface area (Å²) in [5, 5.41) is 2.59. The SMILES string of the molecule is C1=Cc2c(n(C3=CCCC(c4cccc(-n5c6c(c7ccc(N(c8ccccc8)c8ccccc8)cc75)C=CCC6)c4)=C3)c3cc(N(c4ccccc4)c4ccccc4)ccc23)CC1. The van der Waals surface area contributed by atoms with Crippen molar-refractivity contribution >= 4 is 79.4 Å². The lowest BCUT2D eigenvalue weighted by atomic mass is 9.95. The highest BCUT2D eigenvalue weighted by Gasteiger charge is 2.25. The van der Waals surface area contributed by atoms with Crippen LogP contribution in [0.3, 0.4) is 0 Å². The number of aromatic nitrogens is 2. The Hall–Kier alpha value is -7.82. The quantitative estimate of drug-likeness (QED) is 0.144. The van der Waals surface area contributed by atoms with Gasteiger partial charge in [-0.3, -0.25) is 0 Å². The molecule has 0 saturated heterocycles. The zero-order valence-corrected chi connectivity index (χ0v) is 35.8. The molecular formula is C60H48N4. The van der Waals surface area contributed by atoms with Gasteiger partial charge in [-0.05, 0) is 141 Å². The van der Waals surface area contributed by atoms with E-state index in [0.717, 1.165) is 72.6 Å². The van der Waals surface area contributed by atoms with E-state index < -0.39 is 0 Å². The van der Waals surface area contributed by atoms with Gasteiger partial charge in [-0.2, -0.15) is 0 Å². The van der Waals surface area contributed by atoms with Crippen molar-refractivity contribution in [1.82, 2.24) is 9.13 Å². The number of benzene rings is 7. The molecule has 0 amide bonds. The van der Waals surface area contributed by atoms with E-state index in [1.807, 2.05) is 0 Å². The highest BCUT2D eigenvalue weighted by Crippen LogP contribution is 2.43. The number of hydrogen-bond acceptors (Lipinski definition) is 2. The molecule has 0 unspecified atom stereocenters. The predicted molar refractivity (Wildman–Crippen MR) is 271 cm³/mol. The number of hydrogen-bond donors (Lipinski definition) is 0. The van der Waals surface area contributed by atoms with Crippen molar-refractivity contribution in [3.8, 4) is 5.69 Å². The third kappa shape index (κ3) is 6.62. The molecule has 2 heterocycles. The topological polar surface area (TPSA) is 16.3 Å². The monoisotopic (exact) mass is 824 g/mol. The number of para-hydroxylation sites is 4. The Morgan fingerprint density at radius 3 is 1.39 bits per heavy atom. The zero-order chi connectivity index (χ0) is 42.4. The lowest BCUT2D eigenvalue weighted by molar-refractivity contribution is 0.887. The fourth-order valence-corrected chi connectivity index (χ4v) is 10.4. The van der Waals surface area contributed by atoms with Gasteiger partial charge in [0.1, 0.15) is 0 Å². The van der Waals surface area contributed by atoms with Crippen molar-refractivity contribution < 1.29 is 0 Å². The van der Waals surface area contributed by atoms with Gasteiger partial charge in [-0.15, -0.1) is 0 Å². The molecule has 0 radical (unpaired) electrons. The van der Waals surface area contributed by atoms with Crippen molar-refractivity contribution in [2.45, 2.75) is 38.5 Å². The summed E-state index contributed by atoms with van der Waals surface area (Å²) in [6, 6.07) is 66.3. The molecule has 3 aliphatic carbocycles. The second kappa shape index (κ2) is 16.1. The van der Waals surface area contributed by atoms with Gasteiger partial charge in [0.25, 0.3) is 0 Å². The van der Waals surface area contributed by atoms with Crippen LogP contribution in [0.25, 0.3) is 50.9 Å². The molecule has 64 heavy (non-hydrogen) atoms. The third-order valence-corrected chi connectivity index (χ3v) is 13.2. The Morgan fingerprint density at radius 1 is 0.391 bits per heavy atom. The second-order valence-electron chi connectivity index (χ2n) is 17.1. The minimum atomic E-state index is 0.986. The van der Waals surface area contributed by atoms with E-state index in [-0.39, 0.29) is 0 Å². The van der Waals surface area contributed by atoms with Crippen LogP contribution in [0.4, 0.5) is 34.1 Å². The van der Waals surface area contributed by atoms with Crippen molar-refractivity contribution in [1.29, 1.82) is 0 Å². The Balaban J connectivity index is 0.970. The highest BCUT2D eigenvalue weighted by molar-refractivity contribution is 6.00. The maximum Gasteiger partial charge on any atom is 0.0558 e. The lowest BCUT2D eigenvalue weighted by Gasteiger charge is -2.26. The minimum Gasteiger partial charge on any atom is -0.313 e. The first-order valence-corrected chi connectivity index (χ1v) is 22.8. The van der Waals surface area contributed by atoms with Gasteiger partial charge < -0.3 is 18.9 Å². The van der Waals surface area contributed by atoms with Gasteiger partial charge in [0.05, 0.1) is 11.0 Å². The maximum absolute atomic E-state index is 2.57. The van der Waals surface area contributed by atoms with Crippen molar-refractivity contribution in [2.24, 2.45) is 0 Å². The largest absolute Gasteiger partial charge is 0.313 e. The van der Waals surface area contributed by atoms with Crippen LogP contribution < -0.4 is 9.80 Å². The van der Waals surface area contributed by atoms with Gasteiger partial charge in [0.2, 0.25) is 0 Å². The maximum atomic E-state index is 2.57. The Labute approximate surface area is 375 Å². The summed E-state index contributed by atoms with van der Waals surface area (Å²) in [5.41, 5.74) is 19.9. The van der Waals surface area contributed by atoms with Gasteiger partial charge in [-0.25, -0.2) is 0 Å². The van der Waals surface area contributed by atoms with Crippen LogP contribution in [-0.2, 0) is 12.8 Å². The normalized spacial score (nSPS) is 14.2. The summed E-state index contributed by atoms with van der Waals surface area (Å²) in [6.45, 7) is 0. The first-order chi connectivity index (χ1) is 31.8. The van der Waals surface area contributed by atoms with Crippen LogP contribution in [0.15, 0.2) is 206 Å². The molecule has 12 rings (SSSR count). The van der Waals surface area contributed by atoms with Crippen molar-refractivity contribution in [3.63, 3.8) is 0 Å². The van der Waals surface area contributed by atoms with Crippen LogP contribution in [-0.4, -0.2) is 9.13 Å². The molecule has 0 saturated carbocycles. The summed E-state index contributed by atoms with van der Waals surface area (Å²) in [4.78, 5) is 4.74. The van der Waals surface area contributed by atoms with E-state index in [1.54, 1.807) is 0 Å². The average molecular weight is 825 g/mol. The first kappa shape index (κ1) is 37.9. The van der Waals surface area contributed by atoms with Crippen LogP contribution in [0, 0.1) is 0 Å². The average Bonchev–Trinajstić information content (AvgIpc) is 3.88. The third-order valence-electron chi connectivity index (χ3n) is 13.2. The van der Waals surface area contributed by atoms with Crippen molar-refractivity contribution in [3.05, 3.63) is 234 Å². The Morgan fingerprint density at radius 2 is 0.875 bits per heavy atom. The van der Waals surface area contributed by atoms with E-state index in [0.29, 0.717) is 0 Å². The summed E-state index contributed by atoms with van der Waals surface area (Å²) < 4.78 is 5.12. The predicted octanol–water partition coefficient (Wildman–Crippen LogP) is 16.2. The minimum absolute atomic E-state index is 0.986. The molecule has 4 heteroatoms. The molecule has 0 bridgehead atoms. The zero-order valence-electron chi connectivity index (χ0n) is 35.8. The van der Waals surface area contributed by atoms with Gasteiger partial charge >= 0.3 is 0 Å². The van der Waals surface area contributed by atoms with Crippen LogP contribution in [0.2, 0.25) is 0 Å². The fourth-order valence-electron chi connectivity index (χ4n) is 10.4. The molecule has 0 fully saturated rings. The molecule has 4 nitrogen and oxygen atoms in total. The number of nitrogens with zero attached hydrogens (tertiary/aromatic N) is 4. The lowest BCUT2D eigenvalue weighted by Crippen LogP contribution is -2.10. The van der Waals surface area contributed by atoms with Gasteiger partial charge in [-0.1, -0.05) is 127 Å². The molecule has 7 aromatic carbocycles. The van der Waals surface area contributed by atoms with Gasteiger partial charge in [0.15, 0.2) is 0 Å². The smallest absolute Gasteiger partial charge is 0.0558 e. The molecule has 0 atom stereocenters. The van der Waals surface area contributed by atoms with Crippen LogP contribution >= 0.6 is 0 Å². The van der Waals surface area contributed by atoms with E-state index in [9.17, 15) is 0 Å². The molecular weight excluding hydrogens is 777 g/mol. The van der Waals surface area contributed by atoms with E-state index in [4.69, 9.17) is 0 Å². The molecule has 3 aliphatic rings. The van der Waals surface area contributed by atoms with Crippen molar-refractivity contribution in [2.75, 3.05) is 9.80 Å². The Kier molecular flexibility index (Phi) is 9.56. The first-order valence-electron chi connectivity index (χ1n) is 22.8. The molecule has 0 spiro atoms.